The molecule has 102 valence electrons. The highest BCUT2D eigenvalue weighted by Crippen LogP contribution is 2.39. The number of carboxylic acids is 1. The zero-order valence-electron chi connectivity index (χ0n) is 11.0. The summed E-state index contributed by atoms with van der Waals surface area (Å²) in [6.07, 6.45) is 2.47. The van der Waals surface area contributed by atoms with E-state index in [4.69, 9.17) is 5.11 Å². The summed E-state index contributed by atoms with van der Waals surface area (Å²) in [6.45, 7) is 0.572. The van der Waals surface area contributed by atoms with E-state index in [0.717, 1.165) is 17.1 Å². The van der Waals surface area contributed by atoms with Gasteiger partial charge in [-0.1, -0.05) is 18.2 Å². The summed E-state index contributed by atoms with van der Waals surface area (Å²) in [5.41, 5.74) is 2.39. The molecule has 1 saturated carbocycles. The largest absolute Gasteiger partial charge is 0.478 e. The van der Waals surface area contributed by atoms with Crippen LogP contribution >= 0.6 is 0 Å². The Bertz CT molecular complexity index is 636. The predicted octanol–water partition coefficient (Wildman–Crippen LogP) is 3.27. The molecule has 1 aliphatic rings. The monoisotopic (exact) mass is 268 g/mol. The van der Waals surface area contributed by atoms with E-state index in [-0.39, 0.29) is 0 Å². The molecule has 1 fully saturated rings. The van der Waals surface area contributed by atoms with Crippen LogP contribution in [0.2, 0.25) is 0 Å². The molecule has 1 heterocycles. The zero-order chi connectivity index (χ0) is 13.9. The maximum absolute atomic E-state index is 10.9. The van der Waals surface area contributed by atoms with Crippen LogP contribution in [0.1, 0.15) is 40.4 Å². The number of benzene rings is 1. The summed E-state index contributed by atoms with van der Waals surface area (Å²) >= 11 is 0. The molecule has 3 rings (SSSR count). The van der Waals surface area contributed by atoms with Crippen LogP contribution in [0, 0.1) is 0 Å². The molecule has 0 amide bonds. The van der Waals surface area contributed by atoms with Crippen molar-refractivity contribution in [2.45, 2.75) is 25.3 Å². The van der Waals surface area contributed by atoms with E-state index in [1.807, 2.05) is 18.2 Å². The molecule has 0 spiro atoms. The van der Waals surface area contributed by atoms with E-state index in [1.165, 1.54) is 12.8 Å². The van der Waals surface area contributed by atoms with E-state index in [1.54, 1.807) is 18.2 Å². The van der Waals surface area contributed by atoms with Crippen molar-refractivity contribution in [1.29, 1.82) is 0 Å². The highest BCUT2D eigenvalue weighted by Gasteiger charge is 2.24. The average molecular weight is 268 g/mol. The Labute approximate surface area is 117 Å². The van der Waals surface area contributed by atoms with Gasteiger partial charge in [0.05, 0.1) is 5.56 Å². The molecule has 0 saturated heterocycles. The molecule has 20 heavy (non-hydrogen) atoms. The van der Waals surface area contributed by atoms with Crippen LogP contribution in [0.25, 0.3) is 0 Å². The van der Waals surface area contributed by atoms with Gasteiger partial charge in [0.1, 0.15) is 5.82 Å². The molecular weight excluding hydrogens is 252 g/mol. The van der Waals surface area contributed by atoms with Crippen molar-refractivity contribution in [2.75, 3.05) is 5.32 Å². The van der Waals surface area contributed by atoms with Gasteiger partial charge in [-0.3, -0.25) is 0 Å². The molecule has 1 aromatic heterocycles. The summed E-state index contributed by atoms with van der Waals surface area (Å²) in [5, 5.41) is 12.2. The van der Waals surface area contributed by atoms with Gasteiger partial charge < -0.3 is 10.4 Å². The molecule has 2 N–H and O–H groups in total. The number of carbonyl (C=O) groups is 1. The van der Waals surface area contributed by atoms with Gasteiger partial charge in [0.15, 0.2) is 0 Å². The normalized spacial score (nSPS) is 14.0. The Morgan fingerprint density at radius 3 is 2.80 bits per heavy atom. The third-order valence-corrected chi connectivity index (χ3v) is 3.41. The van der Waals surface area contributed by atoms with Crippen LogP contribution in [0.15, 0.2) is 42.5 Å². The number of hydrogen-bond acceptors (Lipinski definition) is 3. The van der Waals surface area contributed by atoms with Gasteiger partial charge in [-0.05, 0) is 42.7 Å². The van der Waals surface area contributed by atoms with Crippen LogP contribution in [0.4, 0.5) is 5.82 Å². The molecule has 4 heteroatoms. The topological polar surface area (TPSA) is 62.2 Å². The van der Waals surface area contributed by atoms with Crippen molar-refractivity contribution in [2.24, 2.45) is 0 Å². The van der Waals surface area contributed by atoms with Gasteiger partial charge in [0.2, 0.25) is 0 Å². The summed E-state index contributed by atoms with van der Waals surface area (Å²) < 4.78 is 0. The number of anilines is 1. The van der Waals surface area contributed by atoms with Crippen molar-refractivity contribution in [3.63, 3.8) is 0 Å². The van der Waals surface area contributed by atoms with Gasteiger partial charge in [0, 0.05) is 18.2 Å². The summed E-state index contributed by atoms with van der Waals surface area (Å²) in [6, 6.07) is 13.0. The van der Waals surface area contributed by atoms with Crippen molar-refractivity contribution in [1.82, 2.24) is 4.98 Å². The maximum atomic E-state index is 10.9. The van der Waals surface area contributed by atoms with Crippen molar-refractivity contribution >= 4 is 11.8 Å². The fraction of sp³-hybridized carbons (Fsp3) is 0.250. The molecule has 0 radical (unpaired) electrons. The molecule has 4 nitrogen and oxygen atoms in total. The van der Waals surface area contributed by atoms with Gasteiger partial charge in [-0.25, -0.2) is 9.78 Å². The summed E-state index contributed by atoms with van der Waals surface area (Å²) in [4.78, 5) is 15.5. The fourth-order valence-electron chi connectivity index (χ4n) is 2.16. The van der Waals surface area contributed by atoms with E-state index < -0.39 is 5.97 Å². The van der Waals surface area contributed by atoms with Gasteiger partial charge >= 0.3 is 5.97 Å². The minimum absolute atomic E-state index is 0.309. The van der Waals surface area contributed by atoms with Crippen LogP contribution in [0.3, 0.4) is 0 Å². The number of aromatic carboxylic acids is 1. The second kappa shape index (κ2) is 5.33. The lowest BCUT2D eigenvalue weighted by atomic mass is 10.1. The first-order valence-electron chi connectivity index (χ1n) is 6.75. The molecule has 0 bridgehead atoms. The SMILES string of the molecule is O=C(O)c1cccc(CNc2cccc(C3CC3)n2)c1. The van der Waals surface area contributed by atoms with Crippen LogP contribution in [-0.2, 0) is 6.54 Å². The first-order valence-corrected chi connectivity index (χ1v) is 6.75. The lowest BCUT2D eigenvalue weighted by Gasteiger charge is -2.08. The lowest BCUT2D eigenvalue weighted by molar-refractivity contribution is 0.0697. The van der Waals surface area contributed by atoms with Crippen LogP contribution in [0.5, 0.6) is 0 Å². The average Bonchev–Trinajstić information content (AvgIpc) is 3.30. The zero-order valence-corrected chi connectivity index (χ0v) is 11.0. The lowest BCUT2D eigenvalue weighted by Crippen LogP contribution is -2.04. The predicted molar refractivity (Wildman–Crippen MR) is 76.9 cm³/mol. The van der Waals surface area contributed by atoms with Gasteiger partial charge in [0.25, 0.3) is 0 Å². The molecule has 0 unspecified atom stereocenters. The quantitative estimate of drug-likeness (QED) is 0.873. The Hall–Kier alpha value is -2.36. The summed E-state index contributed by atoms with van der Waals surface area (Å²) in [7, 11) is 0. The highest BCUT2D eigenvalue weighted by atomic mass is 16.4. The van der Waals surface area contributed by atoms with E-state index >= 15 is 0 Å². The third-order valence-electron chi connectivity index (χ3n) is 3.41. The second-order valence-corrected chi connectivity index (χ2v) is 5.08. The Balaban J connectivity index is 1.68. The van der Waals surface area contributed by atoms with Crippen molar-refractivity contribution in [3.05, 3.63) is 59.3 Å². The standard InChI is InChI=1S/C16H16N2O2/c19-16(20)13-4-1-3-11(9-13)10-17-15-6-2-5-14(18-15)12-7-8-12/h1-6,9,12H,7-8,10H2,(H,17,18)(H,19,20). The van der Waals surface area contributed by atoms with E-state index in [9.17, 15) is 4.79 Å². The van der Waals surface area contributed by atoms with Gasteiger partial charge in [-0.2, -0.15) is 0 Å². The Kier molecular flexibility index (Phi) is 3.37. The maximum Gasteiger partial charge on any atom is 0.335 e. The second-order valence-electron chi connectivity index (χ2n) is 5.08. The van der Waals surface area contributed by atoms with Crippen molar-refractivity contribution in [3.8, 4) is 0 Å². The molecular formula is C16H16N2O2. The molecule has 1 aromatic carbocycles. The number of hydrogen-bond donors (Lipinski definition) is 2. The third kappa shape index (κ3) is 2.96. The van der Waals surface area contributed by atoms with E-state index in [2.05, 4.69) is 16.4 Å². The Morgan fingerprint density at radius 2 is 2.05 bits per heavy atom. The molecule has 0 aliphatic heterocycles. The molecule has 2 aromatic rings. The smallest absolute Gasteiger partial charge is 0.335 e. The number of carboxylic acid groups (broad SMARTS) is 1. The van der Waals surface area contributed by atoms with Gasteiger partial charge in [-0.15, -0.1) is 0 Å². The minimum Gasteiger partial charge on any atom is -0.478 e. The van der Waals surface area contributed by atoms with Crippen LogP contribution < -0.4 is 5.32 Å². The Morgan fingerprint density at radius 1 is 1.25 bits per heavy atom. The minimum atomic E-state index is -0.902. The fourth-order valence-corrected chi connectivity index (χ4v) is 2.16. The first kappa shape index (κ1) is 12.7. The first-order chi connectivity index (χ1) is 9.72. The number of nitrogens with zero attached hydrogens (tertiary/aromatic N) is 1. The number of rotatable bonds is 5. The number of nitrogens with one attached hydrogen (secondary N) is 1. The summed E-state index contributed by atoms with van der Waals surface area (Å²) in [5.74, 6) is 0.572. The highest BCUT2D eigenvalue weighted by molar-refractivity contribution is 5.87. The van der Waals surface area contributed by atoms with Crippen LogP contribution in [-0.4, -0.2) is 16.1 Å². The van der Waals surface area contributed by atoms with E-state index in [0.29, 0.717) is 18.0 Å². The van der Waals surface area contributed by atoms with Crippen molar-refractivity contribution < 1.29 is 9.90 Å². The number of pyridine rings is 1. The number of aromatic nitrogens is 1. The molecule has 0 atom stereocenters. The molecule has 1 aliphatic carbocycles.